The van der Waals surface area contributed by atoms with Gasteiger partial charge in [-0.15, -0.1) is 0 Å². The monoisotopic (exact) mass is 366 g/mol. The summed E-state index contributed by atoms with van der Waals surface area (Å²) >= 11 is 0. The van der Waals surface area contributed by atoms with E-state index in [-0.39, 0.29) is 0 Å². The summed E-state index contributed by atoms with van der Waals surface area (Å²) in [5, 5.41) is 5.06. The van der Waals surface area contributed by atoms with Crippen molar-refractivity contribution in [2.24, 2.45) is 0 Å². The molecule has 1 aliphatic heterocycles. The van der Waals surface area contributed by atoms with Gasteiger partial charge in [-0.1, -0.05) is 5.16 Å². The van der Waals surface area contributed by atoms with Crippen LogP contribution in [0.25, 0.3) is 10.9 Å². The van der Waals surface area contributed by atoms with Gasteiger partial charge in [0.1, 0.15) is 17.9 Å². The highest BCUT2D eigenvalue weighted by Crippen LogP contribution is 2.27. The summed E-state index contributed by atoms with van der Waals surface area (Å²) in [6.07, 6.45) is 2.55. The summed E-state index contributed by atoms with van der Waals surface area (Å²) in [6, 6.07) is 8.51. The van der Waals surface area contributed by atoms with Crippen LogP contribution < -0.4 is 9.80 Å². The number of rotatable bonds is 5. The van der Waals surface area contributed by atoms with Gasteiger partial charge in [-0.3, -0.25) is 4.90 Å². The van der Waals surface area contributed by atoms with Gasteiger partial charge in [0, 0.05) is 70.4 Å². The van der Waals surface area contributed by atoms with Crippen LogP contribution in [0.3, 0.4) is 0 Å². The number of hydrogen-bond acceptors (Lipinski definition) is 7. The van der Waals surface area contributed by atoms with Gasteiger partial charge in [-0.25, -0.2) is 9.97 Å². The molecule has 4 rings (SSSR count). The Labute approximate surface area is 159 Å². The number of aromatic nitrogens is 3. The zero-order valence-electron chi connectivity index (χ0n) is 16.2. The van der Waals surface area contributed by atoms with Crippen molar-refractivity contribution >= 4 is 22.4 Å². The van der Waals surface area contributed by atoms with Crippen molar-refractivity contribution < 1.29 is 4.52 Å². The quantitative estimate of drug-likeness (QED) is 0.687. The zero-order chi connectivity index (χ0) is 18.8. The fraction of sp³-hybridized carbons (Fsp3) is 0.450. The fourth-order valence-electron chi connectivity index (χ4n) is 3.62. The normalized spacial score (nSPS) is 15.4. The molecule has 3 aromatic rings. The molecule has 7 heteroatoms. The lowest BCUT2D eigenvalue weighted by atomic mass is 10.1. The van der Waals surface area contributed by atoms with Gasteiger partial charge in [0.25, 0.3) is 0 Å². The van der Waals surface area contributed by atoms with Crippen LogP contribution in [-0.2, 0) is 6.42 Å². The number of piperazine rings is 1. The highest BCUT2D eigenvalue weighted by atomic mass is 16.5. The minimum Gasteiger partial charge on any atom is -0.369 e. The molecule has 27 heavy (non-hydrogen) atoms. The van der Waals surface area contributed by atoms with Crippen LogP contribution >= 0.6 is 0 Å². The lowest BCUT2D eigenvalue weighted by Crippen LogP contribution is -2.47. The standard InChI is InChI=1S/C20H26N6O/c1-15-12-17(27-23-15)6-7-25-8-10-26(11-9-25)16-4-5-19-18(13-16)20(24(2)3)22-14-21-19/h4-5,12-14H,6-11H2,1-3H3. The van der Waals surface area contributed by atoms with Gasteiger partial charge in [0.05, 0.1) is 11.2 Å². The molecule has 0 radical (unpaired) electrons. The van der Waals surface area contributed by atoms with Crippen molar-refractivity contribution in [2.45, 2.75) is 13.3 Å². The lowest BCUT2D eigenvalue weighted by Gasteiger charge is -2.36. The van der Waals surface area contributed by atoms with E-state index in [1.807, 2.05) is 32.0 Å². The average Bonchev–Trinajstić information content (AvgIpc) is 3.11. The van der Waals surface area contributed by atoms with Crippen LogP contribution in [0.4, 0.5) is 11.5 Å². The summed E-state index contributed by atoms with van der Waals surface area (Å²) in [4.78, 5) is 15.8. The molecule has 3 heterocycles. The van der Waals surface area contributed by atoms with E-state index < -0.39 is 0 Å². The number of anilines is 2. The predicted octanol–water partition coefficient (Wildman–Crippen LogP) is 2.36. The van der Waals surface area contributed by atoms with Gasteiger partial charge in [0.15, 0.2) is 0 Å². The van der Waals surface area contributed by atoms with E-state index in [1.54, 1.807) is 6.33 Å². The minimum atomic E-state index is 0.917. The molecule has 0 spiro atoms. The highest BCUT2D eigenvalue weighted by Gasteiger charge is 2.18. The van der Waals surface area contributed by atoms with Crippen molar-refractivity contribution in [1.82, 2.24) is 20.0 Å². The minimum absolute atomic E-state index is 0.917. The SMILES string of the molecule is Cc1cc(CCN2CCN(c3ccc4ncnc(N(C)C)c4c3)CC2)on1. The molecule has 7 nitrogen and oxygen atoms in total. The van der Waals surface area contributed by atoms with Crippen molar-refractivity contribution in [3.63, 3.8) is 0 Å². The molecule has 2 aromatic heterocycles. The molecule has 142 valence electrons. The topological polar surface area (TPSA) is 61.5 Å². The van der Waals surface area contributed by atoms with E-state index in [9.17, 15) is 0 Å². The number of fused-ring (bicyclic) bond motifs is 1. The van der Waals surface area contributed by atoms with E-state index >= 15 is 0 Å². The fourth-order valence-corrected chi connectivity index (χ4v) is 3.62. The van der Waals surface area contributed by atoms with Gasteiger partial charge in [-0.2, -0.15) is 0 Å². The van der Waals surface area contributed by atoms with Gasteiger partial charge in [-0.05, 0) is 25.1 Å². The smallest absolute Gasteiger partial charge is 0.139 e. The average molecular weight is 366 g/mol. The second-order valence-corrected chi connectivity index (χ2v) is 7.31. The third kappa shape index (κ3) is 3.88. The van der Waals surface area contributed by atoms with Gasteiger partial charge < -0.3 is 14.3 Å². The van der Waals surface area contributed by atoms with Gasteiger partial charge >= 0.3 is 0 Å². The summed E-state index contributed by atoms with van der Waals surface area (Å²) in [7, 11) is 4.03. The molecule has 1 saturated heterocycles. The van der Waals surface area contributed by atoms with E-state index in [2.05, 4.69) is 43.1 Å². The molecule has 1 aliphatic rings. The predicted molar refractivity (Wildman–Crippen MR) is 107 cm³/mol. The molecular formula is C20H26N6O. The molecule has 0 aliphatic carbocycles. The summed E-state index contributed by atoms with van der Waals surface area (Å²) in [5.74, 6) is 1.93. The van der Waals surface area contributed by atoms with Crippen LogP contribution in [-0.4, -0.2) is 66.8 Å². The summed E-state index contributed by atoms with van der Waals surface area (Å²) in [5.41, 5.74) is 3.18. The number of benzene rings is 1. The maximum absolute atomic E-state index is 5.31. The first-order valence-electron chi connectivity index (χ1n) is 9.42. The Morgan fingerprint density at radius 2 is 1.89 bits per heavy atom. The second-order valence-electron chi connectivity index (χ2n) is 7.31. The molecule has 0 N–H and O–H groups in total. The molecule has 1 aromatic carbocycles. The maximum atomic E-state index is 5.31. The van der Waals surface area contributed by atoms with E-state index in [0.717, 1.165) is 67.3 Å². The summed E-state index contributed by atoms with van der Waals surface area (Å²) in [6.45, 7) is 7.12. The largest absolute Gasteiger partial charge is 0.369 e. The molecule has 1 fully saturated rings. The van der Waals surface area contributed by atoms with Crippen LogP contribution in [0.5, 0.6) is 0 Å². The van der Waals surface area contributed by atoms with E-state index in [0.29, 0.717) is 0 Å². The van der Waals surface area contributed by atoms with Crippen LogP contribution in [0.1, 0.15) is 11.5 Å². The Hall–Kier alpha value is -2.67. The Morgan fingerprint density at radius 3 is 2.59 bits per heavy atom. The van der Waals surface area contributed by atoms with Crippen molar-refractivity contribution in [3.05, 3.63) is 42.0 Å². The molecule has 0 unspecified atom stereocenters. The van der Waals surface area contributed by atoms with E-state index in [1.165, 1.54) is 5.69 Å². The van der Waals surface area contributed by atoms with Crippen molar-refractivity contribution in [1.29, 1.82) is 0 Å². The zero-order valence-corrected chi connectivity index (χ0v) is 16.2. The Bertz CT molecular complexity index is 914. The van der Waals surface area contributed by atoms with Crippen molar-refractivity contribution in [3.8, 4) is 0 Å². The maximum Gasteiger partial charge on any atom is 0.139 e. The second kappa shape index (κ2) is 7.52. The van der Waals surface area contributed by atoms with Crippen LogP contribution in [0, 0.1) is 6.92 Å². The Balaban J connectivity index is 1.41. The summed E-state index contributed by atoms with van der Waals surface area (Å²) < 4.78 is 5.31. The number of nitrogens with zero attached hydrogens (tertiary/aromatic N) is 6. The number of hydrogen-bond donors (Lipinski definition) is 0. The van der Waals surface area contributed by atoms with E-state index in [4.69, 9.17) is 4.52 Å². The third-order valence-corrected chi connectivity index (χ3v) is 5.11. The Kier molecular flexibility index (Phi) is 4.94. The number of aryl methyl sites for hydroxylation is 1. The van der Waals surface area contributed by atoms with Crippen LogP contribution in [0.15, 0.2) is 35.1 Å². The molecular weight excluding hydrogens is 340 g/mol. The van der Waals surface area contributed by atoms with Gasteiger partial charge in [0.2, 0.25) is 0 Å². The molecule has 0 saturated carbocycles. The molecule has 0 atom stereocenters. The third-order valence-electron chi connectivity index (χ3n) is 5.11. The molecule has 0 amide bonds. The molecule has 0 bridgehead atoms. The first-order valence-corrected chi connectivity index (χ1v) is 9.42. The first kappa shape index (κ1) is 17.7. The highest BCUT2D eigenvalue weighted by molar-refractivity contribution is 5.91. The Morgan fingerprint density at radius 1 is 1.07 bits per heavy atom. The first-order chi connectivity index (χ1) is 13.1. The lowest BCUT2D eigenvalue weighted by molar-refractivity contribution is 0.250. The van der Waals surface area contributed by atoms with Crippen LogP contribution in [0.2, 0.25) is 0 Å². The van der Waals surface area contributed by atoms with Crippen molar-refractivity contribution in [2.75, 3.05) is 56.6 Å².